The summed E-state index contributed by atoms with van der Waals surface area (Å²) in [6.45, 7) is 5.83. The Morgan fingerprint density at radius 3 is 2.36 bits per heavy atom. The van der Waals surface area contributed by atoms with Crippen LogP contribution >= 0.6 is 0 Å². The molecule has 2 aromatic carbocycles. The molecule has 25 heavy (non-hydrogen) atoms. The molecule has 6 heteroatoms. The summed E-state index contributed by atoms with van der Waals surface area (Å²) in [5.74, 6) is 0.549. The third-order valence-corrected chi connectivity index (χ3v) is 5.52. The summed E-state index contributed by atoms with van der Waals surface area (Å²) >= 11 is 0. The number of aromatic nitrogens is 1. The highest BCUT2D eigenvalue weighted by Gasteiger charge is 2.18. The van der Waals surface area contributed by atoms with E-state index < -0.39 is 10.0 Å². The minimum Gasteiger partial charge on any atom is -0.356 e. The molecule has 0 bridgehead atoms. The van der Waals surface area contributed by atoms with Crippen LogP contribution < -0.4 is 4.72 Å². The first-order valence-corrected chi connectivity index (χ1v) is 9.43. The van der Waals surface area contributed by atoms with Crippen molar-refractivity contribution >= 4 is 10.0 Å². The van der Waals surface area contributed by atoms with Gasteiger partial charge in [0.2, 0.25) is 10.0 Å². The van der Waals surface area contributed by atoms with Crippen LogP contribution in [0.25, 0.3) is 11.3 Å². The van der Waals surface area contributed by atoms with E-state index in [1.54, 1.807) is 25.1 Å². The predicted molar refractivity (Wildman–Crippen MR) is 96.6 cm³/mol. The highest BCUT2D eigenvalue weighted by molar-refractivity contribution is 7.89. The molecule has 0 aliphatic rings. The molecule has 0 aliphatic heterocycles. The Kier molecular flexibility index (Phi) is 4.74. The van der Waals surface area contributed by atoms with Crippen molar-refractivity contribution in [1.29, 1.82) is 0 Å². The molecule has 3 rings (SSSR count). The fourth-order valence-corrected chi connectivity index (χ4v) is 3.79. The molecule has 0 spiro atoms. The van der Waals surface area contributed by atoms with Crippen molar-refractivity contribution in [1.82, 2.24) is 9.88 Å². The van der Waals surface area contributed by atoms with E-state index in [9.17, 15) is 8.42 Å². The Labute approximate surface area is 147 Å². The van der Waals surface area contributed by atoms with E-state index in [1.807, 2.05) is 44.2 Å². The quantitative estimate of drug-likeness (QED) is 0.756. The van der Waals surface area contributed by atoms with Crippen LogP contribution in [-0.4, -0.2) is 13.6 Å². The molecule has 0 saturated carbocycles. The molecular formula is C19H20N2O3S. The molecule has 0 aliphatic carbocycles. The fourth-order valence-electron chi connectivity index (χ4n) is 2.50. The molecule has 0 fully saturated rings. The zero-order chi connectivity index (χ0) is 18.0. The average Bonchev–Trinajstić information content (AvgIpc) is 3.01. The van der Waals surface area contributed by atoms with Crippen LogP contribution in [-0.2, 0) is 16.6 Å². The van der Waals surface area contributed by atoms with E-state index in [0.717, 1.165) is 16.8 Å². The standard InChI is InChI=1S/C19H20N2O3S/c1-13-4-7-16(8-5-13)12-20-25(22,23)19-11-17(9-6-14(19)2)18-10-15(3)21-24-18/h4-11,20H,12H2,1-3H3. The van der Waals surface area contributed by atoms with Crippen molar-refractivity contribution in [2.24, 2.45) is 0 Å². The third kappa shape index (κ3) is 3.97. The Hall–Kier alpha value is -2.44. The maximum Gasteiger partial charge on any atom is 0.241 e. The van der Waals surface area contributed by atoms with Crippen molar-refractivity contribution in [3.8, 4) is 11.3 Å². The first-order chi connectivity index (χ1) is 11.8. The van der Waals surface area contributed by atoms with Gasteiger partial charge in [0.15, 0.2) is 5.76 Å². The van der Waals surface area contributed by atoms with Crippen LogP contribution in [0, 0.1) is 20.8 Å². The van der Waals surface area contributed by atoms with Gasteiger partial charge >= 0.3 is 0 Å². The predicted octanol–water partition coefficient (Wildman–Crippen LogP) is 3.75. The van der Waals surface area contributed by atoms with Crippen LogP contribution in [0.15, 0.2) is 57.9 Å². The van der Waals surface area contributed by atoms with Gasteiger partial charge in [-0.15, -0.1) is 0 Å². The second-order valence-corrected chi connectivity index (χ2v) is 7.86. The number of sulfonamides is 1. The van der Waals surface area contributed by atoms with E-state index >= 15 is 0 Å². The van der Waals surface area contributed by atoms with Crippen molar-refractivity contribution in [3.05, 3.63) is 70.9 Å². The zero-order valence-corrected chi connectivity index (χ0v) is 15.2. The second-order valence-electron chi connectivity index (χ2n) is 6.12. The van der Waals surface area contributed by atoms with E-state index in [-0.39, 0.29) is 11.4 Å². The molecule has 1 heterocycles. The summed E-state index contributed by atoms with van der Waals surface area (Å²) in [7, 11) is -3.64. The van der Waals surface area contributed by atoms with Crippen LogP contribution in [0.3, 0.4) is 0 Å². The topological polar surface area (TPSA) is 72.2 Å². The van der Waals surface area contributed by atoms with Crippen LogP contribution in [0.5, 0.6) is 0 Å². The van der Waals surface area contributed by atoms with Gasteiger partial charge in [0.05, 0.1) is 10.6 Å². The number of nitrogens with one attached hydrogen (secondary N) is 1. The number of aryl methyl sites for hydroxylation is 3. The van der Waals surface area contributed by atoms with Crippen molar-refractivity contribution < 1.29 is 12.9 Å². The largest absolute Gasteiger partial charge is 0.356 e. The van der Waals surface area contributed by atoms with Gasteiger partial charge in [0, 0.05) is 18.2 Å². The summed E-state index contributed by atoms with van der Waals surface area (Å²) in [6.07, 6.45) is 0. The molecule has 0 amide bonds. The maximum absolute atomic E-state index is 12.7. The minimum atomic E-state index is -3.64. The highest BCUT2D eigenvalue weighted by Crippen LogP contribution is 2.25. The molecule has 1 N–H and O–H groups in total. The lowest BCUT2D eigenvalue weighted by molar-refractivity contribution is 0.427. The van der Waals surface area contributed by atoms with Gasteiger partial charge in [0.1, 0.15) is 0 Å². The molecular weight excluding hydrogens is 336 g/mol. The normalized spacial score (nSPS) is 11.6. The molecule has 3 aromatic rings. The van der Waals surface area contributed by atoms with Crippen LogP contribution in [0.1, 0.15) is 22.4 Å². The lowest BCUT2D eigenvalue weighted by Crippen LogP contribution is -2.24. The molecule has 0 unspecified atom stereocenters. The maximum atomic E-state index is 12.7. The monoisotopic (exact) mass is 356 g/mol. The summed E-state index contributed by atoms with van der Waals surface area (Å²) < 4.78 is 33.3. The van der Waals surface area contributed by atoms with E-state index in [2.05, 4.69) is 9.88 Å². The fraction of sp³-hybridized carbons (Fsp3) is 0.211. The first-order valence-electron chi connectivity index (χ1n) is 7.95. The van der Waals surface area contributed by atoms with E-state index in [0.29, 0.717) is 16.9 Å². The van der Waals surface area contributed by atoms with Crippen LogP contribution in [0.4, 0.5) is 0 Å². The second kappa shape index (κ2) is 6.82. The summed E-state index contributed by atoms with van der Waals surface area (Å²) in [5, 5.41) is 3.85. The van der Waals surface area contributed by atoms with Gasteiger partial charge in [-0.05, 0) is 38.0 Å². The number of nitrogens with zero attached hydrogens (tertiary/aromatic N) is 1. The molecule has 0 atom stereocenters. The highest BCUT2D eigenvalue weighted by atomic mass is 32.2. The number of hydrogen-bond acceptors (Lipinski definition) is 4. The molecule has 5 nitrogen and oxygen atoms in total. The first kappa shape index (κ1) is 17.4. The summed E-state index contributed by atoms with van der Waals surface area (Å²) in [4.78, 5) is 0.242. The average molecular weight is 356 g/mol. The Bertz CT molecular complexity index is 990. The van der Waals surface area contributed by atoms with E-state index in [4.69, 9.17) is 4.52 Å². The Balaban J connectivity index is 1.87. The SMILES string of the molecule is Cc1ccc(CNS(=O)(=O)c2cc(-c3cc(C)no3)ccc2C)cc1. The number of rotatable bonds is 5. The molecule has 1 aromatic heterocycles. The number of benzene rings is 2. The van der Waals surface area contributed by atoms with Gasteiger partial charge in [0.25, 0.3) is 0 Å². The third-order valence-electron chi connectivity index (χ3n) is 3.98. The Morgan fingerprint density at radius 2 is 1.72 bits per heavy atom. The minimum absolute atomic E-state index is 0.242. The van der Waals surface area contributed by atoms with E-state index in [1.165, 1.54) is 0 Å². The molecule has 0 saturated heterocycles. The molecule has 0 radical (unpaired) electrons. The summed E-state index contributed by atoms with van der Waals surface area (Å²) in [6, 6.07) is 14.7. The van der Waals surface area contributed by atoms with Gasteiger partial charge in [-0.2, -0.15) is 0 Å². The lowest BCUT2D eigenvalue weighted by Gasteiger charge is -2.11. The number of hydrogen-bond donors (Lipinski definition) is 1. The van der Waals surface area contributed by atoms with Crippen molar-refractivity contribution in [2.75, 3.05) is 0 Å². The molecule has 130 valence electrons. The van der Waals surface area contributed by atoms with Crippen molar-refractivity contribution in [3.63, 3.8) is 0 Å². The van der Waals surface area contributed by atoms with Gasteiger partial charge in [-0.3, -0.25) is 0 Å². The Morgan fingerprint density at radius 1 is 1.00 bits per heavy atom. The van der Waals surface area contributed by atoms with Crippen LogP contribution in [0.2, 0.25) is 0 Å². The van der Waals surface area contributed by atoms with Gasteiger partial charge < -0.3 is 4.52 Å². The lowest BCUT2D eigenvalue weighted by atomic mass is 10.1. The summed E-state index contributed by atoms with van der Waals surface area (Å²) in [5.41, 5.74) is 4.15. The van der Waals surface area contributed by atoms with Crippen molar-refractivity contribution in [2.45, 2.75) is 32.2 Å². The van der Waals surface area contributed by atoms with Gasteiger partial charge in [-0.1, -0.05) is 47.1 Å². The smallest absolute Gasteiger partial charge is 0.241 e. The zero-order valence-electron chi connectivity index (χ0n) is 14.4. The van der Waals surface area contributed by atoms with Gasteiger partial charge in [-0.25, -0.2) is 13.1 Å².